The molecule has 0 aliphatic carbocycles. The number of carbonyl (C=O) groups is 2. The van der Waals surface area contributed by atoms with Crippen molar-refractivity contribution in [2.45, 2.75) is 26.7 Å². The Labute approximate surface area is 149 Å². The van der Waals surface area contributed by atoms with Crippen LogP contribution in [0.2, 0.25) is 0 Å². The number of anilines is 1. The first kappa shape index (κ1) is 19.1. The van der Waals surface area contributed by atoms with E-state index in [1.807, 2.05) is 24.3 Å². The molecule has 0 saturated carbocycles. The van der Waals surface area contributed by atoms with E-state index < -0.39 is 0 Å². The van der Waals surface area contributed by atoms with Crippen LogP contribution in [0.5, 0.6) is 5.75 Å². The Morgan fingerprint density at radius 2 is 1.80 bits per heavy atom. The van der Waals surface area contributed by atoms with Crippen molar-refractivity contribution in [3.8, 4) is 5.75 Å². The summed E-state index contributed by atoms with van der Waals surface area (Å²) < 4.78 is 15.5. The summed E-state index contributed by atoms with van der Waals surface area (Å²) in [6, 6.07) is 7.80. The lowest BCUT2D eigenvalue weighted by molar-refractivity contribution is -0.152. The van der Waals surface area contributed by atoms with E-state index in [4.69, 9.17) is 14.2 Å². The second-order valence-corrected chi connectivity index (χ2v) is 6.06. The van der Waals surface area contributed by atoms with Crippen LogP contribution >= 0.6 is 0 Å². The van der Waals surface area contributed by atoms with Crippen molar-refractivity contribution in [3.63, 3.8) is 0 Å². The zero-order valence-electron chi connectivity index (χ0n) is 15.2. The fourth-order valence-corrected chi connectivity index (χ4v) is 3.26. The van der Waals surface area contributed by atoms with E-state index in [0.29, 0.717) is 26.2 Å². The average Bonchev–Trinajstić information content (AvgIpc) is 2.62. The number of rotatable bonds is 7. The largest absolute Gasteiger partial charge is 0.497 e. The van der Waals surface area contributed by atoms with E-state index in [-0.39, 0.29) is 30.2 Å². The minimum Gasteiger partial charge on any atom is -0.497 e. The van der Waals surface area contributed by atoms with Gasteiger partial charge < -0.3 is 19.1 Å². The van der Waals surface area contributed by atoms with Gasteiger partial charge in [0.25, 0.3) is 0 Å². The van der Waals surface area contributed by atoms with Crippen LogP contribution in [0.3, 0.4) is 0 Å². The van der Waals surface area contributed by atoms with Gasteiger partial charge in [-0.25, -0.2) is 0 Å². The highest BCUT2D eigenvalue weighted by Gasteiger charge is 2.36. The molecule has 0 spiro atoms. The minimum atomic E-state index is -0.265. The van der Waals surface area contributed by atoms with Crippen LogP contribution < -0.4 is 9.64 Å². The SMILES string of the molecule is CCOC(=O)C[C@H]1CN(c2ccc(OC)cc2)CC[C@H]1C(=O)OCC. The van der Waals surface area contributed by atoms with Gasteiger partial charge in [0.05, 0.1) is 32.7 Å². The third-order valence-electron chi connectivity index (χ3n) is 4.50. The van der Waals surface area contributed by atoms with Crippen molar-refractivity contribution in [2.24, 2.45) is 11.8 Å². The predicted molar refractivity (Wildman–Crippen MR) is 94.7 cm³/mol. The fourth-order valence-electron chi connectivity index (χ4n) is 3.26. The number of nitrogens with zero attached hydrogens (tertiary/aromatic N) is 1. The van der Waals surface area contributed by atoms with Crippen LogP contribution in [-0.2, 0) is 19.1 Å². The first-order valence-electron chi connectivity index (χ1n) is 8.80. The number of hydrogen-bond donors (Lipinski definition) is 0. The summed E-state index contributed by atoms with van der Waals surface area (Å²) in [4.78, 5) is 26.4. The highest BCUT2D eigenvalue weighted by molar-refractivity contribution is 5.76. The van der Waals surface area contributed by atoms with E-state index in [9.17, 15) is 9.59 Å². The molecule has 1 saturated heterocycles. The Bertz CT molecular complexity index is 572. The first-order valence-corrected chi connectivity index (χ1v) is 8.80. The molecule has 1 aliphatic heterocycles. The van der Waals surface area contributed by atoms with Crippen molar-refractivity contribution in [1.82, 2.24) is 0 Å². The molecule has 0 N–H and O–H groups in total. The molecule has 6 heteroatoms. The van der Waals surface area contributed by atoms with Gasteiger partial charge in [0, 0.05) is 24.7 Å². The maximum Gasteiger partial charge on any atom is 0.309 e. The maximum atomic E-state index is 12.3. The summed E-state index contributed by atoms with van der Waals surface area (Å²) in [5, 5.41) is 0. The summed E-state index contributed by atoms with van der Waals surface area (Å²) in [5.41, 5.74) is 1.05. The number of hydrogen-bond acceptors (Lipinski definition) is 6. The van der Waals surface area contributed by atoms with Crippen LogP contribution in [0.25, 0.3) is 0 Å². The fraction of sp³-hybridized carbons (Fsp3) is 0.579. The van der Waals surface area contributed by atoms with Crippen molar-refractivity contribution in [2.75, 3.05) is 38.3 Å². The molecule has 6 nitrogen and oxygen atoms in total. The monoisotopic (exact) mass is 349 g/mol. The van der Waals surface area contributed by atoms with Crippen molar-refractivity contribution < 1.29 is 23.8 Å². The van der Waals surface area contributed by atoms with Gasteiger partial charge >= 0.3 is 11.9 Å². The number of carbonyl (C=O) groups excluding carboxylic acids is 2. The smallest absolute Gasteiger partial charge is 0.309 e. The third-order valence-corrected chi connectivity index (χ3v) is 4.50. The van der Waals surface area contributed by atoms with Crippen LogP contribution in [0.1, 0.15) is 26.7 Å². The Balaban J connectivity index is 2.11. The molecule has 0 unspecified atom stereocenters. The Hall–Kier alpha value is -2.24. The van der Waals surface area contributed by atoms with Gasteiger partial charge in [-0.1, -0.05) is 0 Å². The summed E-state index contributed by atoms with van der Waals surface area (Å²) in [6.45, 7) is 5.64. The van der Waals surface area contributed by atoms with E-state index in [2.05, 4.69) is 4.90 Å². The van der Waals surface area contributed by atoms with E-state index in [1.54, 1.807) is 21.0 Å². The van der Waals surface area contributed by atoms with Gasteiger partial charge in [-0.05, 0) is 44.5 Å². The summed E-state index contributed by atoms with van der Waals surface area (Å²) in [5.74, 6) is -0.0643. The van der Waals surface area contributed by atoms with Gasteiger partial charge in [-0.2, -0.15) is 0 Å². The molecule has 2 atom stereocenters. The van der Waals surface area contributed by atoms with Crippen LogP contribution in [0, 0.1) is 11.8 Å². The summed E-state index contributed by atoms with van der Waals surface area (Å²) in [7, 11) is 1.63. The highest BCUT2D eigenvalue weighted by Crippen LogP contribution is 2.31. The molecule has 1 fully saturated rings. The Morgan fingerprint density at radius 3 is 2.40 bits per heavy atom. The van der Waals surface area contributed by atoms with Gasteiger partial charge in [0.2, 0.25) is 0 Å². The lowest BCUT2D eigenvalue weighted by atomic mass is 9.83. The van der Waals surface area contributed by atoms with E-state index in [0.717, 1.165) is 18.0 Å². The zero-order valence-corrected chi connectivity index (χ0v) is 15.2. The first-order chi connectivity index (χ1) is 12.1. The van der Waals surface area contributed by atoms with Crippen molar-refractivity contribution >= 4 is 17.6 Å². The summed E-state index contributed by atoms with van der Waals surface area (Å²) >= 11 is 0. The van der Waals surface area contributed by atoms with Crippen molar-refractivity contribution in [1.29, 1.82) is 0 Å². The summed E-state index contributed by atoms with van der Waals surface area (Å²) in [6.07, 6.45) is 0.888. The average molecular weight is 349 g/mol. The molecule has 1 aromatic rings. The zero-order chi connectivity index (χ0) is 18.2. The molecule has 0 aromatic heterocycles. The quantitative estimate of drug-likeness (QED) is 0.705. The predicted octanol–water partition coefficient (Wildman–Crippen LogP) is 2.65. The molecule has 0 radical (unpaired) electrons. The molecule has 25 heavy (non-hydrogen) atoms. The van der Waals surface area contributed by atoms with Crippen LogP contribution in [-0.4, -0.2) is 45.4 Å². The highest BCUT2D eigenvalue weighted by atomic mass is 16.5. The second kappa shape index (κ2) is 9.30. The maximum absolute atomic E-state index is 12.3. The molecule has 0 amide bonds. The molecule has 2 rings (SSSR count). The topological polar surface area (TPSA) is 65.1 Å². The molecule has 1 aromatic carbocycles. The molecule has 1 aliphatic rings. The molecular formula is C19H27NO5. The minimum absolute atomic E-state index is 0.117. The number of benzene rings is 1. The standard InChI is InChI=1S/C19H27NO5/c1-4-24-18(21)12-14-13-20(11-10-17(14)19(22)25-5-2)15-6-8-16(23-3)9-7-15/h6-9,14,17H,4-5,10-13H2,1-3H3/t14-,17+/m0/s1. The number of piperidine rings is 1. The van der Waals surface area contributed by atoms with Gasteiger partial charge in [0.1, 0.15) is 5.75 Å². The normalized spacial score (nSPS) is 20.0. The van der Waals surface area contributed by atoms with Gasteiger partial charge in [0.15, 0.2) is 0 Å². The van der Waals surface area contributed by atoms with Crippen molar-refractivity contribution in [3.05, 3.63) is 24.3 Å². The second-order valence-electron chi connectivity index (χ2n) is 6.06. The Morgan fingerprint density at radius 1 is 1.12 bits per heavy atom. The van der Waals surface area contributed by atoms with Crippen LogP contribution in [0.15, 0.2) is 24.3 Å². The molecule has 138 valence electrons. The third kappa shape index (κ3) is 5.11. The molecule has 1 heterocycles. The number of methoxy groups -OCH3 is 1. The van der Waals surface area contributed by atoms with E-state index >= 15 is 0 Å². The number of ether oxygens (including phenoxy) is 3. The lowest BCUT2D eigenvalue weighted by Crippen LogP contribution is -2.44. The molecule has 0 bridgehead atoms. The lowest BCUT2D eigenvalue weighted by Gasteiger charge is -2.38. The Kier molecular flexibility index (Phi) is 7.10. The van der Waals surface area contributed by atoms with Gasteiger partial charge in [-0.15, -0.1) is 0 Å². The van der Waals surface area contributed by atoms with Crippen LogP contribution in [0.4, 0.5) is 5.69 Å². The van der Waals surface area contributed by atoms with E-state index in [1.165, 1.54) is 0 Å². The molecular weight excluding hydrogens is 322 g/mol. The number of esters is 2. The van der Waals surface area contributed by atoms with Gasteiger partial charge in [-0.3, -0.25) is 9.59 Å².